The maximum atomic E-state index is 4.39. The van der Waals surface area contributed by atoms with Crippen LogP contribution in [0.1, 0.15) is 6.92 Å². The normalized spacial score (nSPS) is 10.7. The number of rotatable bonds is 4. The smallest absolute Gasteiger partial charge is 0.126 e. The molecule has 0 saturated carbocycles. The van der Waals surface area contributed by atoms with Gasteiger partial charge in [-0.25, -0.2) is 15.0 Å². The first-order valence-electron chi connectivity index (χ1n) is 6.44. The Morgan fingerprint density at radius 3 is 2.90 bits per heavy atom. The summed E-state index contributed by atoms with van der Waals surface area (Å²) in [7, 11) is 0. The van der Waals surface area contributed by atoms with Crippen LogP contribution >= 0.6 is 11.8 Å². The van der Waals surface area contributed by atoms with Gasteiger partial charge in [-0.15, -0.1) is 0 Å². The minimum Gasteiger partial charge on any atom is -0.370 e. The van der Waals surface area contributed by atoms with Gasteiger partial charge in [0.2, 0.25) is 0 Å². The first-order valence-corrected chi connectivity index (χ1v) is 7.26. The highest BCUT2D eigenvalue weighted by Crippen LogP contribution is 2.31. The fourth-order valence-electron chi connectivity index (χ4n) is 1.93. The highest BCUT2D eigenvalue weighted by Gasteiger charge is 2.05. The van der Waals surface area contributed by atoms with Crippen LogP contribution in [-0.4, -0.2) is 21.5 Å². The molecule has 0 bridgehead atoms. The molecule has 2 heterocycles. The summed E-state index contributed by atoms with van der Waals surface area (Å²) in [5.74, 6) is 0.885. The summed E-state index contributed by atoms with van der Waals surface area (Å²) in [5.41, 5.74) is 0.964. The zero-order valence-corrected chi connectivity index (χ0v) is 11.9. The molecule has 0 aliphatic rings. The van der Waals surface area contributed by atoms with Gasteiger partial charge in [-0.05, 0) is 25.1 Å². The van der Waals surface area contributed by atoms with Gasteiger partial charge in [-0.2, -0.15) is 0 Å². The second-order valence-corrected chi connectivity index (χ2v) is 5.27. The molecule has 0 aliphatic heterocycles. The molecule has 0 fully saturated rings. The maximum Gasteiger partial charge on any atom is 0.126 e. The molecule has 20 heavy (non-hydrogen) atoms. The van der Waals surface area contributed by atoms with E-state index < -0.39 is 0 Å². The molecule has 0 spiro atoms. The Morgan fingerprint density at radius 2 is 2.00 bits per heavy atom. The molecule has 0 saturated heterocycles. The molecule has 0 amide bonds. The van der Waals surface area contributed by atoms with Gasteiger partial charge in [0.25, 0.3) is 0 Å². The SMILES string of the molecule is CCNc1cc(Sc2ncnc3ccccc23)ccn1. The van der Waals surface area contributed by atoms with Crippen LogP contribution in [-0.2, 0) is 0 Å². The number of aromatic nitrogens is 3. The number of para-hydroxylation sites is 1. The molecule has 4 nitrogen and oxygen atoms in total. The molecule has 0 atom stereocenters. The lowest BCUT2D eigenvalue weighted by atomic mass is 10.2. The largest absolute Gasteiger partial charge is 0.370 e. The van der Waals surface area contributed by atoms with E-state index in [0.29, 0.717) is 0 Å². The van der Waals surface area contributed by atoms with Crippen LogP contribution < -0.4 is 5.32 Å². The number of hydrogen-bond donors (Lipinski definition) is 1. The van der Waals surface area contributed by atoms with Crippen molar-refractivity contribution in [3.63, 3.8) is 0 Å². The molecule has 3 rings (SSSR count). The number of anilines is 1. The van der Waals surface area contributed by atoms with Crippen molar-refractivity contribution in [1.82, 2.24) is 15.0 Å². The molecule has 1 aromatic carbocycles. The Balaban J connectivity index is 1.95. The number of benzene rings is 1. The fraction of sp³-hybridized carbons (Fsp3) is 0.133. The predicted octanol–water partition coefficient (Wildman–Crippen LogP) is 3.61. The van der Waals surface area contributed by atoms with E-state index in [2.05, 4.69) is 27.2 Å². The molecule has 0 radical (unpaired) electrons. The van der Waals surface area contributed by atoms with E-state index in [1.54, 1.807) is 18.1 Å². The monoisotopic (exact) mass is 282 g/mol. The van der Waals surface area contributed by atoms with Crippen LogP contribution in [0.15, 0.2) is 58.8 Å². The van der Waals surface area contributed by atoms with Gasteiger partial charge >= 0.3 is 0 Å². The Labute approximate surface area is 121 Å². The molecule has 0 aliphatic carbocycles. The van der Waals surface area contributed by atoms with Crippen molar-refractivity contribution in [1.29, 1.82) is 0 Å². The van der Waals surface area contributed by atoms with E-state index in [4.69, 9.17) is 0 Å². The Hall–Kier alpha value is -2.14. The topological polar surface area (TPSA) is 50.7 Å². The predicted molar refractivity (Wildman–Crippen MR) is 82.1 cm³/mol. The Morgan fingerprint density at radius 1 is 1.10 bits per heavy atom. The van der Waals surface area contributed by atoms with Gasteiger partial charge in [0.05, 0.1) is 5.52 Å². The van der Waals surface area contributed by atoms with Crippen LogP contribution in [0.25, 0.3) is 10.9 Å². The summed E-state index contributed by atoms with van der Waals surface area (Å²) in [6.45, 7) is 2.91. The molecule has 100 valence electrons. The lowest BCUT2D eigenvalue weighted by molar-refractivity contribution is 1.10. The zero-order chi connectivity index (χ0) is 13.8. The summed E-state index contributed by atoms with van der Waals surface area (Å²) >= 11 is 1.63. The summed E-state index contributed by atoms with van der Waals surface area (Å²) in [6, 6.07) is 12.1. The highest BCUT2D eigenvalue weighted by atomic mass is 32.2. The summed E-state index contributed by atoms with van der Waals surface area (Å²) in [6.07, 6.45) is 3.42. The van der Waals surface area contributed by atoms with Crippen molar-refractivity contribution in [3.05, 3.63) is 48.9 Å². The van der Waals surface area contributed by atoms with Gasteiger partial charge in [-0.3, -0.25) is 0 Å². The quantitative estimate of drug-likeness (QED) is 0.741. The van der Waals surface area contributed by atoms with Gasteiger partial charge in [0, 0.05) is 23.0 Å². The van der Waals surface area contributed by atoms with Crippen LogP contribution in [0.5, 0.6) is 0 Å². The first kappa shape index (κ1) is 12.9. The number of hydrogen-bond acceptors (Lipinski definition) is 5. The van der Waals surface area contributed by atoms with E-state index in [9.17, 15) is 0 Å². The average Bonchev–Trinajstić information content (AvgIpc) is 2.48. The average molecular weight is 282 g/mol. The van der Waals surface area contributed by atoms with Crippen LogP contribution in [0.4, 0.5) is 5.82 Å². The van der Waals surface area contributed by atoms with E-state index >= 15 is 0 Å². The van der Waals surface area contributed by atoms with Crippen molar-refractivity contribution >= 4 is 28.5 Å². The molecule has 3 aromatic rings. The minimum atomic E-state index is 0.859. The van der Waals surface area contributed by atoms with Crippen molar-refractivity contribution < 1.29 is 0 Å². The lowest BCUT2D eigenvalue weighted by Crippen LogP contribution is -1.98. The van der Waals surface area contributed by atoms with E-state index in [1.807, 2.05) is 42.6 Å². The van der Waals surface area contributed by atoms with Crippen LogP contribution in [0, 0.1) is 0 Å². The Kier molecular flexibility index (Phi) is 3.78. The fourth-order valence-corrected chi connectivity index (χ4v) is 2.83. The zero-order valence-electron chi connectivity index (χ0n) is 11.1. The van der Waals surface area contributed by atoms with E-state index in [1.165, 1.54) is 0 Å². The third-order valence-corrected chi connectivity index (χ3v) is 3.82. The van der Waals surface area contributed by atoms with Gasteiger partial charge in [0.1, 0.15) is 17.2 Å². The number of nitrogens with zero attached hydrogens (tertiary/aromatic N) is 3. The molecule has 1 N–H and O–H groups in total. The van der Waals surface area contributed by atoms with Gasteiger partial charge in [-0.1, -0.05) is 30.0 Å². The number of nitrogens with one attached hydrogen (secondary N) is 1. The standard InChI is InChI=1S/C15H14N4S/c1-2-16-14-9-11(7-8-17-14)20-15-12-5-3-4-6-13(12)18-10-19-15/h3-10H,2H2,1H3,(H,16,17). The Bertz CT molecular complexity index is 724. The second kappa shape index (κ2) is 5.88. The third-order valence-electron chi connectivity index (χ3n) is 2.81. The van der Waals surface area contributed by atoms with Crippen LogP contribution in [0.2, 0.25) is 0 Å². The molecule has 5 heteroatoms. The molecular weight excluding hydrogens is 268 g/mol. The van der Waals surface area contributed by atoms with E-state index in [0.717, 1.165) is 33.2 Å². The van der Waals surface area contributed by atoms with Crippen molar-refractivity contribution in [3.8, 4) is 0 Å². The van der Waals surface area contributed by atoms with Crippen molar-refractivity contribution in [2.24, 2.45) is 0 Å². The minimum absolute atomic E-state index is 0.859. The summed E-state index contributed by atoms with van der Waals surface area (Å²) in [5, 5.41) is 5.25. The molecule has 2 aromatic heterocycles. The maximum absolute atomic E-state index is 4.39. The van der Waals surface area contributed by atoms with E-state index in [-0.39, 0.29) is 0 Å². The second-order valence-electron chi connectivity index (χ2n) is 4.21. The lowest BCUT2D eigenvalue weighted by Gasteiger charge is -2.06. The highest BCUT2D eigenvalue weighted by molar-refractivity contribution is 7.99. The first-order chi connectivity index (χ1) is 9.86. The molecular formula is C15H14N4S. The van der Waals surface area contributed by atoms with Gasteiger partial charge < -0.3 is 5.32 Å². The summed E-state index contributed by atoms with van der Waals surface area (Å²) < 4.78 is 0. The molecule has 0 unspecified atom stereocenters. The van der Waals surface area contributed by atoms with Gasteiger partial charge in [0.15, 0.2) is 0 Å². The number of pyridine rings is 1. The third kappa shape index (κ3) is 2.72. The van der Waals surface area contributed by atoms with Crippen LogP contribution in [0.3, 0.4) is 0 Å². The van der Waals surface area contributed by atoms with Crippen molar-refractivity contribution in [2.45, 2.75) is 16.8 Å². The summed E-state index contributed by atoms with van der Waals surface area (Å²) in [4.78, 5) is 14.1. The van der Waals surface area contributed by atoms with Crippen molar-refractivity contribution in [2.75, 3.05) is 11.9 Å². The number of fused-ring (bicyclic) bond motifs is 1.